The van der Waals surface area contributed by atoms with Crippen molar-refractivity contribution in [3.05, 3.63) is 0 Å². The highest BCUT2D eigenvalue weighted by atomic mass is 28.6. The smallest absolute Gasteiger partial charge is 0.416 e. The molecular weight excluding hydrogens is 775 g/mol. The van der Waals surface area contributed by atoms with Crippen molar-refractivity contribution in [3.8, 4) is 6.07 Å². The molecule has 0 fully saturated rings. The molecule has 0 spiro atoms. The van der Waals surface area contributed by atoms with Crippen LogP contribution < -0.4 is 0 Å². The fourth-order valence-corrected chi connectivity index (χ4v) is 32.0. The van der Waals surface area contributed by atoms with Crippen LogP contribution in [0.1, 0.15) is 6.42 Å². The summed E-state index contributed by atoms with van der Waals surface area (Å²) >= 11 is 0. The Bertz CT molecular complexity index is 966. The molecule has 0 radical (unpaired) electrons. The molecule has 4 unspecified atom stereocenters. The summed E-state index contributed by atoms with van der Waals surface area (Å²) in [6.07, 6.45) is 0.0514. The maximum Gasteiger partial charge on any atom is 0.657 e. The first-order valence-corrected chi connectivity index (χ1v) is 32.3. The Kier molecular flexibility index (Phi) is 20.9. The molecule has 0 N–H and O–H groups in total. The Hall–Kier alpha value is 0.545. The van der Waals surface area contributed by atoms with Crippen LogP contribution in [0.3, 0.4) is 0 Å². The van der Waals surface area contributed by atoms with Gasteiger partial charge in [0.2, 0.25) is 0 Å². The summed E-state index contributed by atoms with van der Waals surface area (Å²) in [7, 11) is -12.7. The van der Waals surface area contributed by atoms with Crippen LogP contribution in [0.15, 0.2) is 0 Å². The zero-order chi connectivity index (χ0) is 37.6. The predicted octanol–water partition coefficient (Wildman–Crippen LogP) is 2.90. The molecule has 0 aliphatic carbocycles. The van der Waals surface area contributed by atoms with Gasteiger partial charge in [-0.1, -0.05) is 0 Å². The standard InChI is InChI=1S/C22H59NO17Si8/c1-24-42(15,25-2)38-48(34-11,40-46(31-8,32-9)20-18-19-23)39-44(17,27-4)37-47(33-10,22-21-45(28-5,29-6)30-7)36-43(16,26-3)35-41(12,13)14/h18,20-22H2,1-17H3. The molecule has 0 saturated heterocycles. The zero-order valence-electron chi connectivity index (χ0n) is 31.7. The monoisotopic (exact) mass is 833 g/mol. The predicted molar refractivity (Wildman–Crippen MR) is 189 cm³/mol. The maximum atomic E-state index is 9.36. The minimum absolute atomic E-state index is 0.0514. The Labute approximate surface area is 296 Å². The highest BCUT2D eigenvalue weighted by molar-refractivity contribution is 6.87. The largest absolute Gasteiger partial charge is 0.657 e. The second-order valence-electron chi connectivity index (χ2n) is 11.3. The summed E-state index contributed by atoms with van der Waals surface area (Å²) in [5, 5.41) is 9.36. The van der Waals surface area contributed by atoms with Gasteiger partial charge in [-0.2, -0.15) is 5.26 Å². The second-order valence-corrected chi connectivity index (χ2v) is 36.7. The Morgan fingerprint density at radius 2 is 0.750 bits per heavy atom. The quantitative estimate of drug-likeness (QED) is 0.105. The van der Waals surface area contributed by atoms with E-state index in [1.54, 1.807) is 19.6 Å². The van der Waals surface area contributed by atoms with E-state index in [2.05, 4.69) is 6.07 Å². The number of rotatable bonds is 28. The molecule has 0 aromatic rings. The van der Waals surface area contributed by atoms with Gasteiger partial charge >= 0.3 is 61.9 Å². The van der Waals surface area contributed by atoms with Crippen LogP contribution in [0.2, 0.25) is 57.4 Å². The van der Waals surface area contributed by atoms with Crippen molar-refractivity contribution < 1.29 is 73.4 Å². The first kappa shape index (κ1) is 48.5. The fourth-order valence-electron chi connectivity index (χ4n) is 4.13. The summed E-state index contributed by atoms with van der Waals surface area (Å²) in [5.41, 5.74) is 0. The van der Waals surface area contributed by atoms with Crippen LogP contribution in [0.5, 0.6) is 0 Å². The lowest BCUT2D eigenvalue weighted by Gasteiger charge is -2.44. The molecule has 286 valence electrons. The third-order valence-corrected chi connectivity index (χ3v) is 33.8. The van der Waals surface area contributed by atoms with Crippen LogP contribution in [0.4, 0.5) is 0 Å². The summed E-state index contributed by atoms with van der Waals surface area (Å²) in [4.78, 5) is 0. The molecule has 18 nitrogen and oxygen atoms in total. The SMILES string of the molecule is CO[Si](C)(O[Si](C)(C)C)O[Si](CC[Si](OC)(OC)OC)(OC)O[Si](C)(OC)O[Si](OC)(O[Si](C)(OC)OC)O[Si](CCC#N)(OC)OC. The van der Waals surface area contributed by atoms with Crippen molar-refractivity contribution in [2.75, 3.05) is 78.2 Å². The van der Waals surface area contributed by atoms with Crippen LogP contribution in [-0.4, -0.2) is 148 Å². The van der Waals surface area contributed by atoms with E-state index in [-0.39, 0.29) is 24.6 Å². The maximum absolute atomic E-state index is 9.36. The molecule has 0 aliphatic rings. The number of hydrogen-bond donors (Lipinski definition) is 0. The third-order valence-electron chi connectivity index (χ3n) is 6.95. The van der Waals surface area contributed by atoms with Gasteiger partial charge in [-0.25, -0.2) is 0 Å². The van der Waals surface area contributed by atoms with Crippen LogP contribution in [0, 0.1) is 11.3 Å². The van der Waals surface area contributed by atoms with Crippen molar-refractivity contribution in [3.63, 3.8) is 0 Å². The van der Waals surface area contributed by atoms with Gasteiger partial charge in [0.15, 0.2) is 8.32 Å². The highest BCUT2D eigenvalue weighted by Crippen LogP contribution is 2.35. The van der Waals surface area contributed by atoms with Crippen molar-refractivity contribution >= 4 is 70.2 Å². The van der Waals surface area contributed by atoms with Crippen LogP contribution >= 0.6 is 0 Å². The molecule has 0 heterocycles. The third kappa shape index (κ3) is 14.5. The number of nitrogens with zero attached hydrogens (tertiary/aromatic N) is 1. The van der Waals surface area contributed by atoms with Crippen molar-refractivity contribution in [2.45, 2.75) is 63.8 Å². The van der Waals surface area contributed by atoms with E-state index >= 15 is 0 Å². The lowest BCUT2D eigenvalue weighted by molar-refractivity contribution is 0.00755. The van der Waals surface area contributed by atoms with Gasteiger partial charge in [0.25, 0.3) is 0 Å². The van der Waals surface area contributed by atoms with E-state index in [9.17, 15) is 5.26 Å². The normalized spacial score (nSPS) is 18.4. The van der Waals surface area contributed by atoms with E-state index in [0.29, 0.717) is 0 Å². The highest BCUT2D eigenvalue weighted by Gasteiger charge is 2.66. The van der Waals surface area contributed by atoms with Gasteiger partial charge in [0, 0.05) is 122 Å². The molecule has 0 amide bonds. The van der Waals surface area contributed by atoms with Gasteiger partial charge in [-0.3, -0.25) is 0 Å². The Morgan fingerprint density at radius 1 is 0.375 bits per heavy atom. The second kappa shape index (κ2) is 20.7. The van der Waals surface area contributed by atoms with Crippen molar-refractivity contribution in [1.82, 2.24) is 0 Å². The fraction of sp³-hybridized carbons (Fsp3) is 0.955. The molecule has 0 aliphatic heterocycles. The molecular formula is C22H59NO17Si8. The summed E-state index contributed by atoms with van der Waals surface area (Å²) in [6, 6.07) is 2.51. The number of nitriles is 1. The van der Waals surface area contributed by atoms with Gasteiger partial charge in [-0.05, 0) is 19.6 Å². The van der Waals surface area contributed by atoms with Crippen LogP contribution in [0.25, 0.3) is 0 Å². The lowest BCUT2D eigenvalue weighted by atomic mass is 10.6. The van der Waals surface area contributed by atoms with Crippen molar-refractivity contribution in [1.29, 1.82) is 5.26 Å². The molecule has 0 bridgehead atoms. The van der Waals surface area contributed by atoms with Gasteiger partial charge < -0.3 is 73.4 Å². The molecule has 26 heteroatoms. The van der Waals surface area contributed by atoms with Gasteiger partial charge in [0.1, 0.15) is 0 Å². The van der Waals surface area contributed by atoms with E-state index in [1.807, 2.05) is 19.6 Å². The van der Waals surface area contributed by atoms with E-state index in [0.717, 1.165) is 0 Å². The molecule has 0 rings (SSSR count). The Balaban J connectivity index is 7.37. The summed E-state index contributed by atoms with van der Waals surface area (Å²) < 4.78 is 103. The van der Waals surface area contributed by atoms with E-state index in [4.69, 9.17) is 73.4 Å². The number of hydrogen-bond acceptors (Lipinski definition) is 18. The summed E-state index contributed by atoms with van der Waals surface area (Å²) in [5.74, 6) is 0. The van der Waals surface area contributed by atoms with E-state index in [1.165, 1.54) is 78.2 Å². The first-order chi connectivity index (χ1) is 22.2. The molecule has 0 aromatic heterocycles. The summed E-state index contributed by atoms with van der Waals surface area (Å²) in [6.45, 7) is 11.0. The lowest BCUT2D eigenvalue weighted by Crippen LogP contribution is -2.70. The molecule has 0 saturated carbocycles. The zero-order valence-corrected chi connectivity index (χ0v) is 39.7. The average molecular weight is 834 g/mol. The van der Waals surface area contributed by atoms with Crippen molar-refractivity contribution in [2.24, 2.45) is 0 Å². The van der Waals surface area contributed by atoms with E-state index < -0.39 is 70.2 Å². The topological polar surface area (TPSA) is 181 Å². The minimum Gasteiger partial charge on any atom is -0.416 e. The molecule has 48 heavy (non-hydrogen) atoms. The molecule has 4 atom stereocenters. The molecule has 0 aromatic carbocycles. The van der Waals surface area contributed by atoms with Gasteiger partial charge in [0.05, 0.1) is 6.07 Å². The average Bonchev–Trinajstić information content (AvgIpc) is 3.06. The Morgan fingerprint density at radius 3 is 1.08 bits per heavy atom. The van der Waals surface area contributed by atoms with Gasteiger partial charge in [-0.15, -0.1) is 0 Å². The first-order valence-electron chi connectivity index (χ1n) is 14.8. The minimum atomic E-state index is -4.50. The van der Waals surface area contributed by atoms with Crippen LogP contribution in [-0.2, 0) is 73.4 Å².